The van der Waals surface area contributed by atoms with Crippen LogP contribution < -0.4 is 4.90 Å². The second kappa shape index (κ2) is 6.92. The summed E-state index contributed by atoms with van der Waals surface area (Å²) in [6, 6.07) is 3.81. The van der Waals surface area contributed by atoms with E-state index in [1.165, 1.54) is 0 Å². The van der Waals surface area contributed by atoms with Crippen LogP contribution in [0.1, 0.15) is 0 Å². The number of fused-ring (bicyclic) bond motifs is 2. The Bertz CT molecular complexity index is 1140. The van der Waals surface area contributed by atoms with Crippen LogP contribution in [0.25, 0.3) is 10.3 Å². The van der Waals surface area contributed by atoms with Gasteiger partial charge in [-0.2, -0.15) is 0 Å². The van der Waals surface area contributed by atoms with Gasteiger partial charge < -0.3 is 14.7 Å². The summed E-state index contributed by atoms with van der Waals surface area (Å²) < 4.78 is 27.7. The van der Waals surface area contributed by atoms with E-state index in [9.17, 15) is 13.2 Å². The number of amidine groups is 1. The van der Waals surface area contributed by atoms with Gasteiger partial charge in [-0.25, -0.2) is 18.4 Å². The Morgan fingerprint density at radius 1 is 1.14 bits per heavy atom. The molecule has 3 aliphatic heterocycles. The molecule has 0 saturated carbocycles. The van der Waals surface area contributed by atoms with Gasteiger partial charge in [-0.3, -0.25) is 4.79 Å². The first-order chi connectivity index (χ1) is 14.0. The number of rotatable bonds is 2. The maximum absolute atomic E-state index is 13.1. The molecule has 29 heavy (non-hydrogen) atoms. The molecule has 5 rings (SSSR count). The van der Waals surface area contributed by atoms with Gasteiger partial charge >= 0.3 is 0 Å². The van der Waals surface area contributed by atoms with Gasteiger partial charge in [0.05, 0.1) is 11.3 Å². The number of nitrogens with zero attached hydrogens (tertiary/aromatic N) is 6. The lowest BCUT2D eigenvalue weighted by Crippen LogP contribution is -2.51. The molecule has 2 aromatic heterocycles. The van der Waals surface area contributed by atoms with Crippen molar-refractivity contribution in [2.24, 2.45) is 4.40 Å². The number of thiazole rings is 1. The third kappa shape index (κ3) is 3.40. The van der Waals surface area contributed by atoms with Crippen molar-refractivity contribution < 1.29 is 13.2 Å². The van der Waals surface area contributed by atoms with Crippen LogP contribution >= 0.6 is 11.3 Å². The van der Waals surface area contributed by atoms with E-state index in [1.807, 2.05) is 12.1 Å². The molecule has 0 atom stereocenters. The summed E-state index contributed by atoms with van der Waals surface area (Å²) in [4.78, 5) is 28.6. The fourth-order valence-corrected chi connectivity index (χ4v) is 5.49. The van der Waals surface area contributed by atoms with Crippen molar-refractivity contribution in [1.82, 2.24) is 19.8 Å². The zero-order valence-electron chi connectivity index (χ0n) is 15.4. The molecule has 9 nitrogen and oxygen atoms in total. The Hall–Kier alpha value is -2.79. The van der Waals surface area contributed by atoms with Crippen LogP contribution in [0, 0.1) is 0 Å². The first-order valence-corrected chi connectivity index (χ1v) is 11.7. The Morgan fingerprint density at radius 2 is 1.97 bits per heavy atom. The molecular formula is C18H18N6O3S2. The Labute approximate surface area is 171 Å². The maximum Gasteiger partial charge on any atom is 0.257 e. The predicted molar refractivity (Wildman–Crippen MR) is 111 cm³/mol. The molecule has 0 spiro atoms. The summed E-state index contributed by atoms with van der Waals surface area (Å²) in [5.74, 6) is -0.0119. The molecule has 150 valence electrons. The number of anilines is 1. The number of pyridine rings is 1. The molecule has 1 amide bonds. The molecule has 0 bridgehead atoms. The highest BCUT2D eigenvalue weighted by molar-refractivity contribution is 7.90. The minimum Gasteiger partial charge on any atom is -0.344 e. The van der Waals surface area contributed by atoms with E-state index in [0.29, 0.717) is 38.3 Å². The summed E-state index contributed by atoms with van der Waals surface area (Å²) >= 11 is 1.54. The molecule has 0 N–H and O–H groups in total. The van der Waals surface area contributed by atoms with E-state index >= 15 is 0 Å². The van der Waals surface area contributed by atoms with E-state index in [1.54, 1.807) is 45.7 Å². The largest absolute Gasteiger partial charge is 0.344 e. The average Bonchev–Trinajstić information content (AvgIpc) is 3.17. The first-order valence-electron chi connectivity index (χ1n) is 9.24. The maximum atomic E-state index is 13.1. The summed E-state index contributed by atoms with van der Waals surface area (Å²) in [7, 11) is -3.53. The lowest BCUT2D eigenvalue weighted by molar-refractivity contribution is -0.126. The molecule has 1 saturated heterocycles. The molecule has 0 aromatic carbocycles. The van der Waals surface area contributed by atoms with Gasteiger partial charge in [0.1, 0.15) is 10.3 Å². The molecule has 3 aliphatic rings. The quantitative estimate of drug-likeness (QED) is 0.696. The molecule has 0 radical (unpaired) electrons. The molecule has 5 heterocycles. The van der Waals surface area contributed by atoms with Crippen molar-refractivity contribution in [1.29, 1.82) is 0 Å². The Balaban J connectivity index is 1.31. The highest BCUT2D eigenvalue weighted by Crippen LogP contribution is 2.28. The van der Waals surface area contributed by atoms with Crippen LogP contribution in [0.2, 0.25) is 0 Å². The summed E-state index contributed by atoms with van der Waals surface area (Å²) in [5, 5.41) is 0.902. The fourth-order valence-electron chi connectivity index (χ4n) is 3.55. The predicted octanol–water partition coefficient (Wildman–Crippen LogP) is 0.837. The van der Waals surface area contributed by atoms with Gasteiger partial charge in [0.25, 0.3) is 15.9 Å². The van der Waals surface area contributed by atoms with E-state index < -0.39 is 10.0 Å². The van der Waals surface area contributed by atoms with Crippen LogP contribution in [-0.2, 0) is 14.8 Å². The number of sulfonamides is 1. The molecule has 11 heteroatoms. The number of hydrogen-bond acceptors (Lipinski definition) is 8. The number of amides is 1. The number of hydrogen-bond donors (Lipinski definition) is 0. The zero-order chi connectivity index (χ0) is 20.0. The molecule has 1 fully saturated rings. The third-order valence-electron chi connectivity index (χ3n) is 5.08. The highest BCUT2D eigenvalue weighted by atomic mass is 32.2. The van der Waals surface area contributed by atoms with E-state index in [4.69, 9.17) is 0 Å². The SMILES string of the molecule is O=C(C1=CC=CN2CCS(=O)(=O)N=C12)N1CCN(c2nc3cccnc3s2)CC1. The van der Waals surface area contributed by atoms with Crippen molar-refractivity contribution in [3.8, 4) is 0 Å². The Morgan fingerprint density at radius 3 is 2.76 bits per heavy atom. The van der Waals surface area contributed by atoms with Gasteiger partial charge in [-0.15, -0.1) is 4.40 Å². The van der Waals surface area contributed by atoms with E-state index in [0.717, 1.165) is 15.5 Å². The van der Waals surface area contributed by atoms with Crippen LogP contribution in [-0.4, -0.2) is 78.4 Å². The number of allylic oxidation sites excluding steroid dienone is 2. The zero-order valence-corrected chi connectivity index (χ0v) is 17.1. The van der Waals surface area contributed by atoms with Crippen molar-refractivity contribution in [3.05, 3.63) is 42.3 Å². The summed E-state index contributed by atoms with van der Waals surface area (Å²) in [6.07, 6.45) is 6.91. The van der Waals surface area contributed by atoms with Gasteiger partial charge in [-0.05, 0) is 24.3 Å². The van der Waals surface area contributed by atoms with Gasteiger partial charge in [-0.1, -0.05) is 11.3 Å². The highest BCUT2D eigenvalue weighted by Gasteiger charge is 2.33. The number of carbonyl (C=O) groups is 1. The van der Waals surface area contributed by atoms with Crippen LogP contribution in [0.4, 0.5) is 5.13 Å². The van der Waals surface area contributed by atoms with Crippen LogP contribution in [0.5, 0.6) is 0 Å². The van der Waals surface area contributed by atoms with Crippen molar-refractivity contribution in [2.75, 3.05) is 43.4 Å². The third-order valence-corrected chi connectivity index (χ3v) is 7.27. The van der Waals surface area contributed by atoms with Crippen molar-refractivity contribution in [2.45, 2.75) is 0 Å². The molecule has 0 aliphatic carbocycles. The summed E-state index contributed by atoms with van der Waals surface area (Å²) in [6.45, 7) is 2.68. The van der Waals surface area contributed by atoms with Gasteiger partial charge in [0, 0.05) is 45.1 Å². The normalized spacial score (nSPS) is 21.0. The number of aromatic nitrogens is 2. The molecule has 0 unspecified atom stereocenters. The molecule has 2 aromatic rings. The second-order valence-corrected chi connectivity index (χ2v) is 9.63. The smallest absolute Gasteiger partial charge is 0.257 e. The second-order valence-electron chi connectivity index (χ2n) is 6.92. The van der Waals surface area contributed by atoms with E-state index in [2.05, 4.69) is 19.3 Å². The van der Waals surface area contributed by atoms with Crippen molar-refractivity contribution in [3.63, 3.8) is 0 Å². The number of piperazine rings is 1. The standard InChI is InChI=1S/C18H18N6O3S2/c25-17(13-3-2-6-22-11-12-29(26,27)21-15(13)22)23-7-9-24(10-8-23)18-20-14-4-1-5-19-16(14)28-18/h1-6H,7-12H2. The number of carbonyl (C=O) groups excluding carboxylic acids is 1. The minimum absolute atomic E-state index is 0.0436. The molecular weight excluding hydrogens is 412 g/mol. The van der Waals surface area contributed by atoms with Crippen LogP contribution in [0.3, 0.4) is 0 Å². The van der Waals surface area contributed by atoms with Gasteiger partial charge in [0.15, 0.2) is 11.0 Å². The lowest BCUT2D eigenvalue weighted by atomic mass is 10.1. The first kappa shape index (κ1) is 18.3. The average molecular weight is 431 g/mol. The summed E-state index contributed by atoms with van der Waals surface area (Å²) in [5.41, 5.74) is 1.20. The fraction of sp³-hybridized carbons (Fsp3) is 0.333. The van der Waals surface area contributed by atoms with Crippen LogP contribution in [0.15, 0.2) is 46.7 Å². The Kier molecular flexibility index (Phi) is 4.36. The van der Waals surface area contributed by atoms with E-state index in [-0.39, 0.29) is 17.5 Å². The topological polar surface area (TPSA) is 99.1 Å². The van der Waals surface area contributed by atoms with Crippen molar-refractivity contribution >= 4 is 48.6 Å². The van der Waals surface area contributed by atoms with Gasteiger partial charge in [0.2, 0.25) is 0 Å². The lowest BCUT2D eigenvalue weighted by Gasteiger charge is -2.36. The monoisotopic (exact) mass is 430 g/mol. The minimum atomic E-state index is -3.53.